The molecule has 10 nitrogen and oxygen atoms in total. The molecule has 0 heterocycles. The molecule has 0 aliphatic carbocycles. The Morgan fingerprint density at radius 3 is 2.12 bits per heavy atom. The summed E-state index contributed by atoms with van der Waals surface area (Å²) in [6, 6.07) is 36.8. The number of hydrogen-bond acceptors (Lipinski definition) is 7. The molecule has 11 heteroatoms. The molecule has 3 amide bonds. The molecule has 0 aliphatic heterocycles. The SMILES string of the molecule is Cc1cc([N+](=O)[O-])ccc1NC(=O)C(Sc1cccc(NC(=O)/C(=C\c2ccc(N(C)C)cc2)NC(=O)c2ccccc2)c1)c1ccccc1. The summed E-state index contributed by atoms with van der Waals surface area (Å²) in [5, 5.41) is 19.1. The van der Waals surface area contributed by atoms with E-state index in [-0.39, 0.29) is 17.3 Å². The summed E-state index contributed by atoms with van der Waals surface area (Å²) in [7, 11) is 3.87. The van der Waals surface area contributed by atoms with Crippen molar-refractivity contribution in [3.05, 3.63) is 165 Å². The summed E-state index contributed by atoms with van der Waals surface area (Å²) in [4.78, 5) is 53.9. The molecular weight excluding hydrogens is 651 g/mol. The number of aryl methyl sites for hydroxylation is 1. The van der Waals surface area contributed by atoms with E-state index in [1.54, 1.807) is 61.5 Å². The van der Waals surface area contributed by atoms with Crippen LogP contribution in [0.2, 0.25) is 0 Å². The molecule has 5 aromatic carbocycles. The van der Waals surface area contributed by atoms with Crippen molar-refractivity contribution >= 4 is 58.3 Å². The molecule has 50 heavy (non-hydrogen) atoms. The predicted octanol–water partition coefficient (Wildman–Crippen LogP) is 7.85. The van der Waals surface area contributed by atoms with E-state index in [1.165, 1.54) is 30.0 Å². The fourth-order valence-electron chi connectivity index (χ4n) is 4.96. The lowest BCUT2D eigenvalue weighted by Gasteiger charge is -2.18. The molecule has 5 rings (SSSR count). The Morgan fingerprint density at radius 2 is 1.48 bits per heavy atom. The van der Waals surface area contributed by atoms with Crippen molar-refractivity contribution in [1.82, 2.24) is 5.32 Å². The van der Waals surface area contributed by atoms with Gasteiger partial charge in [0.1, 0.15) is 10.9 Å². The van der Waals surface area contributed by atoms with Gasteiger partial charge in [-0.3, -0.25) is 24.5 Å². The Bertz CT molecular complexity index is 2030. The van der Waals surface area contributed by atoms with Gasteiger partial charge in [-0.1, -0.05) is 66.7 Å². The number of benzene rings is 5. The van der Waals surface area contributed by atoms with E-state index < -0.39 is 22.0 Å². The van der Waals surface area contributed by atoms with E-state index in [9.17, 15) is 24.5 Å². The van der Waals surface area contributed by atoms with Gasteiger partial charge in [-0.05, 0) is 78.2 Å². The van der Waals surface area contributed by atoms with Gasteiger partial charge in [-0.15, -0.1) is 11.8 Å². The number of nitrogens with zero attached hydrogens (tertiary/aromatic N) is 2. The highest BCUT2D eigenvalue weighted by atomic mass is 32.2. The number of carbonyl (C=O) groups is 3. The molecule has 5 aromatic rings. The second-order valence-corrected chi connectivity index (χ2v) is 12.7. The highest BCUT2D eigenvalue weighted by Crippen LogP contribution is 2.37. The Labute approximate surface area is 294 Å². The molecule has 1 atom stereocenters. The number of non-ortho nitro benzene ring substituents is 1. The first-order valence-corrected chi connectivity index (χ1v) is 16.5. The maximum absolute atomic E-state index is 13.7. The Hall–Kier alpha value is -6.20. The van der Waals surface area contributed by atoms with Gasteiger partial charge in [-0.25, -0.2) is 0 Å². The number of nitrogens with one attached hydrogen (secondary N) is 3. The van der Waals surface area contributed by atoms with E-state index in [1.807, 2.05) is 79.7 Å². The summed E-state index contributed by atoms with van der Waals surface area (Å²) < 4.78 is 0. The lowest BCUT2D eigenvalue weighted by molar-refractivity contribution is -0.384. The van der Waals surface area contributed by atoms with Crippen molar-refractivity contribution in [2.24, 2.45) is 0 Å². The van der Waals surface area contributed by atoms with Crippen LogP contribution in [0.3, 0.4) is 0 Å². The lowest BCUT2D eigenvalue weighted by Crippen LogP contribution is -2.30. The highest BCUT2D eigenvalue weighted by Gasteiger charge is 2.24. The number of rotatable bonds is 12. The Kier molecular flexibility index (Phi) is 11.4. The second-order valence-electron chi connectivity index (χ2n) is 11.5. The van der Waals surface area contributed by atoms with Crippen molar-refractivity contribution in [3.63, 3.8) is 0 Å². The van der Waals surface area contributed by atoms with Crippen LogP contribution in [0.5, 0.6) is 0 Å². The molecular formula is C39H35N5O5S. The van der Waals surface area contributed by atoms with Gasteiger partial charge in [0.15, 0.2) is 0 Å². The zero-order chi connectivity index (χ0) is 35.6. The molecule has 1 unspecified atom stereocenters. The highest BCUT2D eigenvalue weighted by molar-refractivity contribution is 8.00. The third-order valence-corrected chi connectivity index (χ3v) is 8.86. The van der Waals surface area contributed by atoms with Crippen molar-refractivity contribution in [2.75, 3.05) is 29.6 Å². The minimum absolute atomic E-state index is 0.0505. The molecule has 0 radical (unpaired) electrons. The fraction of sp³-hybridized carbons (Fsp3) is 0.103. The number of carbonyl (C=O) groups excluding carboxylic acids is 3. The monoisotopic (exact) mass is 685 g/mol. The second kappa shape index (κ2) is 16.3. The first-order chi connectivity index (χ1) is 24.1. The van der Waals surface area contributed by atoms with Gasteiger partial charge >= 0.3 is 0 Å². The molecule has 0 saturated heterocycles. The first-order valence-electron chi connectivity index (χ1n) is 15.6. The maximum Gasteiger partial charge on any atom is 0.272 e. The van der Waals surface area contributed by atoms with Crippen LogP contribution in [0.1, 0.15) is 32.3 Å². The molecule has 0 bridgehead atoms. The van der Waals surface area contributed by atoms with Crippen LogP contribution in [-0.2, 0) is 9.59 Å². The molecule has 3 N–H and O–H groups in total. The third kappa shape index (κ3) is 9.24. The average Bonchev–Trinajstić information content (AvgIpc) is 3.12. The molecule has 0 fully saturated rings. The van der Waals surface area contributed by atoms with Crippen molar-refractivity contribution in [3.8, 4) is 0 Å². The zero-order valence-electron chi connectivity index (χ0n) is 27.6. The van der Waals surface area contributed by atoms with Crippen molar-refractivity contribution in [2.45, 2.75) is 17.1 Å². The van der Waals surface area contributed by atoms with Gasteiger partial charge in [0.25, 0.3) is 17.5 Å². The first kappa shape index (κ1) is 35.1. The van der Waals surface area contributed by atoms with Crippen LogP contribution in [0.15, 0.2) is 138 Å². The molecule has 252 valence electrons. The van der Waals surface area contributed by atoms with Crippen LogP contribution in [0.25, 0.3) is 6.08 Å². The van der Waals surface area contributed by atoms with Gasteiger partial charge in [-0.2, -0.15) is 0 Å². The van der Waals surface area contributed by atoms with E-state index in [2.05, 4.69) is 16.0 Å². The van der Waals surface area contributed by atoms with Gasteiger partial charge in [0, 0.05) is 53.7 Å². The molecule has 0 saturated carbocycles. The van der Waals surface area contributed by atoms with E-state index in [0.717, 1.165) is 16.8 Å². The van der Waals surface area contributed by atoms with Gasteiger partial charge in [0.2, 0.25) is 5.91 Å². The van der Waals surface area contributed by atoms with Crippen LogP contribution in [-0.4, -0.2) is 36.7 Å². The number of nitro benzene ring substituents is 1. The fourth-order valence-corrected chi connectivity index (χ4v) is 6.04. The van der Waals surface area contributed by atoms with Gasteiger partial charge < -0.3 is 20.9 Å². The lowest BCUT2D eigenvalue weighted by atomic mass is 10.1. The van der Waals surface area contributed by atoms with E-state index >= 15 is 0 Å². The normalized spacial score (nSPS) is 11.6. The summed E-state index contributed by atoms with van der Waals surface area (Å²) in [6.45, 7) is 1.70. The third-order valence-electron chi connectivity index (χ3n) is 7.61. The summed E-state index contributed by atoms with van der Waals surface area (Å²) in [6.07, 6.45) is 1.62. The minimum Gasteiger partial charge on any atom is -0.378 e. The topological polar surface area (TPSA) is 134 Å². The smallest absolute Gasteiger partial charge is 0.272 e. The van der Waals surface area contributed by atoms with Crippen LogP contribution in [0, 0.1) is 17.0 Å². The van der Waals surface area contributed by atoms with E-state index in [0.29, 0.717) is 27.4 Å². The van der Waals surface area contributed by atoms with Crippen molar-refractivity contribution < 1.29 is 19.3 Å². The minimum atomic E-state index is -0.692. The molecule has 0 aromatic heterocycles. The number of amides is 3. The van der Waals surface area contributed by atoms with Crippen LogP contribution < -0.4 is 20.9 Å². The Morgan fingerprint density at radius 1 is 0.800 bits per heavy atom. The quantitative estimate of drug-likeness (QED) is 0.0527. The number of anilines is 3. The standard InChI is InChI=1S/C39H35N5O5S/c1-26-23-32(44(48)49)21-22-34(26)41-39(47)36(28-11-6-4-7-12-28)50-33-16-10-15-30(25-33)40-38(46)35(42-37(45)29-13-8-5-9-14-29)24-27-17-19-31(20-18-27)43(2)3/h4-25,36H,1-3H3,(H,40,46)(H,41,47)(H,42,45)/b35-24+. The zero-order valence-corrected chi connectivity index (χ0v) is 28.4. The van der Waals surface area contributed by atoms with E-state index in [4.69, 9.17) is 0 Å². The summed E-state index contributed by atoms with van der Waals surface area (Å²) >= 11 is 1.29. The maximum atomic E-state index is 13.7. The predicted molar refractivity (Wildman–Crippen MR) is 199 cm³/mol. The molecule has 0 spiro atoms. The molecule has 0 aliphatic rings. The van der Waals surface area contributed by atoms with Crippen LogP contribution in [0.4, 0.5) is 22.7 Å². The Balaban J connectivity index is 1.38. The number of nitro groups is 1. The van der Waals surface area contributed by atoms with Crippen LogP contribution >= 0.6 is 11.8 Å². The average molecular weight is 686 g/mol. The summed E-state index contributed by atoms with van der Waals surface area (Å²) in [5.74, 6) is -1.28. The number of thioether (sulfide) groups is 1. The largest absolute Gasteiger partial charge is 0.378 e. The number of hydrogen-bond donors (Lipinski definition) is 3. The van der Waals surface area contributed by atoms with Crippen molar-refractivity contribution in [1.29, 1.82) is 0 Å². The summed E-state index contributed by atoms with van der Waals surface area (Å²) in [5.41, 5.74) is 4.34. The van der Waals surface area contributed by atoms with Gasteiger partial charge in [0.05, 0.1) is 4.92 Å².